The maximum atomic E-state index is 15.6. The number of anilines is 1. The largest absolute Gasteiger partial charge is 0.369 e. The Bertz CT molecular complexity index is 978. The Labute approximate surface area is 193 Å². The molecule has 3 aliphatic rings. The second-order valence-electron chi connectivity index (χ2n) is 10.0. The summed E-state index contributed by atoms with van der Waals surface area (Å²) in [5.41, 5.74) is 4.64. The van der Waals surface area contributed by atoms with E-state index in [-0.39, 0.29) is 23.4 Å². The van der Waals surface area contributed by atoms with Gasteiger partial charge in [0.1, 0.15) is 5.82 Å². The minimum Gasteiger partial charge on any atom is -0.369 e. The Morgan fingerprint density at radius 3 is 2.50 bits per heavy atom. The van der Waals surface area contributed by atoms with Gasteiger partial charge in [0, 0.05) is 39.1 Å². The molecule has 0 radical (unpaired) electrons. The van der Waals surface area contributed by atoms with E-state index in [1.165, 1.54) is 36.8 Å². The van der Waals surface area contributed by atoms with Crippen molar-refractivity contribution in [3.63, 3.8) is 0 Å². The molecule has 1 spiro atoms. The lowest BCUT2D eigenvalue weighted by molar-refractivity contribution is -0.141. The molecule has 1 atom stereocenters. The van der Waals surface area contributed by atoms with Gasteiger partial charge in [-0.2, -0.15) is 0 Å². The predicted molar refractivity (Wildman–Crippen MR) is 127 cm³/mol. The van der Waals surface area contributed by atoms with Crippen LogP contribution in [-0.2, 0) is 15.9 Å². The van der Waals surface area contributed by atoms with Gasteiger partial charge in [0.25, 0.3) is 0 Å². The fourth-order valence-electron chi connectivity index (χ4n) is 6.84. The van der Waals surface area contributed by atoms with Crippen molar-refractivity contribution in [2.24, 2.45) is 11.3 Å². The number of nitrogens with zero attached hydrogens (tertiary/aromatic N) is 1. The van der Waals surface area contributed by atoms with Crippen LogP contribution in [0, 0.1) is 17.2 Å². The summed E-state index contributed by atoms with van der Waals surface area (Å²) in [6, 6.07) is 12.6. The predicted octanol–water partition coefficient (Wildman–Crippen LogP) is 6.30. The summed E-state index contributed by atoms with van der Waals surface area (Å²) >= 11 is 0. The molecule has 0 aromatic heterocycles. The lowest BCUT2D eigenvalue weighted by Crippen LogP contribution is -2.39. The molecule has 1 saturated heterocycles. The minimum absolute atomic E-state index is 0.113. The molecule has 5 rings (SSSR count). The van der Waals surface area contributed by atoms with Crippen LogP contribution in [0.4, 0.5) is 10.1 Å². The third kappa shape index (κ3) is 3.86. The summed E-state index contributed by atoms with van der Waals surface area (Å²) in [6.07, 6.45) is 8.84. The van der Waals surface area contributed by atoms with E-state index >= 15 is 4.39 Å². The summed E-state index contributed by atoms with van der Waals surface area (Å²) < 4.78 is 34.5. The van der Waals surface area contributed by atoms with Crippen LogP contribution >= 0.6 is 0 Å². The molecule has 2 aromatic rings. The van der Waals surface area contributed by atoms with E-state index < -0.39 is 0 Å². The number of benzene rings is 2. The van der Waals surface area contributed by atoms with Crippen LogP contribution in [0.3, 0.4) is 0 Å². The topological polar surface area (TPSA) is 21.7 Å². The smallest absolute Gasteiger partial charge is 0.159 e. The Balaban J connectivity index is 1.42. The van der Waals surface area contributed by atoms with Gasteiger partial charge in [-0.3, -0.25) is 0 Å². The Morgan fingerprint density at radius 2 is 1.81 bits per heavy atom. The molecule has 4 heteroatoms. The highest BCUT2D eigenvalue weighted by atomic mass is 19.1. The zero-order valence-electron chi connectivity index (χ0n) is 20.4. The Kier molecular flexibility index (Phi) is 5.91. The number of halogens is 1. The summed E-state index contributed by atoms with van der Waals surface area (Å²) in [6.45, 7) is 1.62. The molecule has 2 aromatic carbocycles. The van der Waals surface area contributed by atoms with Gasteiger partial charge in [-0.1, -0.05) is 43.1 Å². The molecule has 1 aliphatic heterocycles. The molecule has 0 N–H and O–H groups in total. The summed E-state index contributed by atoms with van der Waals surface area (Å²) in [5, 5.41) is 0. The molecule has 0 bridgehead atoms. The minimum atomic E-state index is -0.183. The maximum Gasteiger partial charge on any atom is 0.159 e. The molecule has 1 heterocycles. The van der Waals surface area contributed by atoms with Crippen molar-refractivity contribution in [2.45, 2.75) is 63.6 Å². The number of methoxy groups -OCH3 is 2. The highest BCUT2D eigenvalue weighted by Crippen LogP contribution is 2.57. The SMILES string of the molecule is [2H]c1ccc2c(c1)CCC1(CCCC1)[C@@H]2c1ccc(N2CCC(C(OC)OC)CC2)c(F)c1. The van der Waals surface area contributed by atoms with Crippen molar-refractivity contribution in [1.29, 1.82) is 0 Å². The van der Waals surface area contributed by atoms with Crippen LogP contribution < -0.4 is 4.90 Å². The molecular formula is C28H36FNO2. The van der Waals surface area contributed by atoms with Crippen LogP contribution in [0.5, 0.6) is 0 Å². The molecule has 2 aliphatic carbocycles. The monoisotopic (exact) mass is 438 g/mol. The second-order valence-corrected chi connectivity index (χ2v) is 10.0. The van der Waals surface area contributed by atoms with Crippen molar-refractivity contribution in [3.05, 3.63) is 64.9 Å². The van der Waals surface area contributed by atoms with Crippen molar-refractivity contribution in [2.75, 3.05) is 32.2 Å². The van der Waals surface area contributed by atoms with Crippen LogP contribution in [0.1, 0.15) is 68.9 Å². The quantitative estimate of drug-likeness (QED) is 0.511. The normalized spacial score (nSPS) is 23.6. The summed E-state index contributed by atoms with van der Waals surface area (Å²) in [7, 11) is 3.37. The summed E-state index contributed by atoms with van der Waals surface area (Å²) in [5.74, 6) is 0.461. The number of rotatable bonds is 5. The van der Waals surface area contributed by atoms with E-state index in [2.05, 4.69) is 17.0 Å². The molecule has 0 amide bonds. The van der Waals surface area contributed by atoms with Gasteiger partial charge in [0.2, 0.25) is 0 Å². The number of fused-ring (bicyclic) bond motifs is 1. The van der Waals surface area contributed by atoms with E-state index in [0.29, 0.717) is 17.6 Å². The van der Waals surface area contributed by atoms with Crippen molar-refractivity contribution in [3.8, 4) is 0 Å². The van der Waals surface area contributed by atoms with Gasteiger partial charge in [0.15, 0.2) is 6.29 Å². The highest BCUT2D eigenvalue weighted by molar-refractivity contribution is 5.52. The highest BCUT2D eigenvalue weighted by Gasteiger charge is 2.45. The molecule has 3 nitrogen and oxygen atoms in total. The first kappa shape index (κ1) is 20.7. The number of hydrogen-bond donors (Lipinski definition) is 0. The first-order valence-corrected chi connectivity index (χ1v) is 12.2. The van der Waals surface area contributed by atoms with Gasteiger partial charge >= 0.3 is 0 Å². The van der Waals surface area contributed by atoms with E-state index in [1.807, 2.05) is 24.3 Å². The van der Waals surface area contributed by atoms with E-state index in [9.17, 15) is 0 Å². The molecule has 32 heavy (non-hydrogen) atoms. The Hall–Kier alpha value is -1.91. The standard InChI is InChI=1S/C28H36FNO2/c1-31-27(32-2)21-12-17-30(18-13-21)25-10-9-22(19-24(25)29)26-23-8-4-3-7-20(23)11-16-28(26)14-5-6-15-28/h3-4,7-10,19,21,26-27H,5-6,11-18H2,1-2H3/t26-/m1/s1/i3D. The molecule has 1 saturated carbocycles. The zero-order chi connectivity index (χ0) is 23.0. The molecule has 2 fully saturated rings. The Morgan fingerprint density at radius 1 is 1.06 bits per heavy atom. The molecule has 172 valence electrons. The van der Waals surface area contributed by atoms with Gasteiger partial charge in [-0.05, 0) is 72.8 Å². The van der Waals surface area contributed by atoms with Crippen LogP contribution in [0.15, 0.2) is 42.4 Å². The van der Waals surface area contributed by atoms with Gasteiger partial charge < -0.3 is 14.4 Å². The fraction of sp³-hybridized carbons (Fsp3) is 0.571. The number of hydrogen-bond acceptors (Lipinski definition) is 3. The molecule has 0 unspecified atom stereocenters. The third-order valence-corrected chi connectivity index (χ3v) is 8.44. The van der Waals surface area contributed by atoms with Crippen molar-refractivity contribution in [1.82, 2.24) is 0 Å². The fourth-order valence-corrected chi connectivity index (χ4v) is 6.84. The lowest BCUT2D eigenvalue weighted by atomic mass is 9.61. The summed E-state index contributed by atoms with van der Waals surface area (Å²) in [4.78, 5) is 2.17. The van der Waals surface area contributed by atoms with Crippen LogP contribution in [0.2, 0.25) is 0 Å². The second kappa shape index (κ2) is 9.15. The average molecular weight is 439 g/mol. The average Bonchev–Trinajstić information content (AvgIpc) is 3.29. The number of piperidine rings is 1. The van der Waals surface area contributed by atoms with Crippen molar-refractivity contribution < 1.29 is 15.2 Å². The van der Waals surface area contributed by atoms with Gasteiger partial charge in [-0.25, -0.2) is 4.39 Å². The van der Waals surface area contributed by atoms with E-state index in [0.717, 1.165) is 44.3 Å². The van der Waals surface area contributed by atoms with Crippen molar-refractivity contribution >= 4 is 5.69 Å². The van der Waals surface area contributed by atoms with Crippen LogP contribution in [-0.4, -0.2) is 33.6 Å². The lowest BCUT2D eigenvalue weighted by Gasteiger charge is -2.43. The number of aryl methyl sites for hydroxylation is 1. The molecular weight excluding hydrogens is 401 g/mol. The zero-order valence-corrected chi connectivity index (χ0v) is 19.4. The van der Waals surface area contributed by atoms with Gasteiger partial charge in [0.05, 0.1) is 7.06 Å². The maximum absolute atomic E-state index is 15.6. The first-order chi connectivity index (χ1) is 16.0. The van der Waals surface area contributed by atoms with E-state index in [1.54, 1.807) is 14.2 Å². The number of ether oxygens (including phenoxy) is 2. The third-order valence-electron chi connectivity index (χ3n) is 8.44. The van der Waals surface area contributed by atoms with Gasteiger partial charge in [-0.15, -0.1) is 0 Å². The first-order valence-electron chi connectivity index (χ1n) is 12.7. The van der Waals surface area contributed by atoms with Crippen LogP contribution in [0.25, 0.3) is 0 Å². The van der Waals surface area contributed by atoms with E-state index in [4.69, 9.17) is 10.8 Å².